The molecule has 1 aromatic carbocycles. The SMILES string of the molecule is CC(N)C(Oc1ccc(C(C)(C)C)cc1)c1cccs1. The van der Waals surface area contributed by atoms with E-state index in [1.807, 2.05) is 25.1 Å². The van der Waals surface area contributed by atoms with Crippen LogP contribution in [0.3, 0.4) is 0 Å². The Balaban J connectivity index is 2.16. The molecule has 0 radical (unpaired) electrons. The molecule has 1 heterocycles. The summed E-state index contributed by atoms with van der Waals surface area (Å²) in [6.45, 7) is 8.60. The van der Waals surface area contributed by atoms with E-state index in [4.69, 9.17) is 10.5 Å². The third-order valence-corrected chi connectivity index (χ3v) is 4.22. The van der Waals surface area contributed by atoms with Crippen LogP contribution in [0.25, 0.3) is 0 Å². The number of rotatable bonds is 4. The van der Waals surface area contributed by atoms with Gasteiger partial charge < -0.3 is 10.5 Å². The molecule has 0 saturated carbocycles. The molecule has 2 aromatic rings. The number of hydrogen-bond acceptors (Lipinski definition) is 3. The minimum Gasteiger partial charge on any atom is -0.483 e. The summed E-state index contributed by atoms with van der Waals surface area (Å²) in [5.74, 6) is 0.869. The van der Waals surface area contributed by atoms with E-state index in [-0.39, 0.29) is 17.6 Å². The Morgan fingerprint density at radius 2 is 1.75 bits per heavy atom. The summed E-state index contributed by atoms with van der Waals surface area (Å²) in [5.41, 5.74) is 7.52. The van der Waals surface area contributed by atoms with Crippen LogP contribution in [-0.4, -0.2) is 6.04 Å². The van der Waals surface area contributed by atoms with E-state index in [0.717, 1.165) is 5.75 Å². The summed E-state index contributed by atoms with van der Waals surface area (Å²) in [6, 6.07) is 12.4. The normalized spacial score (nSPS) is 14.8. The summed E-state index contributed by atoms with van der Waals surface area (Å²) in [6.07, 6.45) is -0.0875. The number of nitrogens with two attached hydrogens (primary N) is 1. The van der Waals surface area contributed by atoms with Gasteiger partial charge in [-0.3, -0.25) is 0 Å². The third-order valence-electron chi connectivity index (χ3n) is 3.28. The van der Waals surface area contributed by atoms with E-state index in [1.165, 1.54) is 10.4 Å². The number of thiophene rings is 1. The minimum atomic E-state index is -0.0875. The zero-order valence-electron chi connectivity index (χ0n) is 12.6. The molecule has 2 rings (SSSR count). The van der Waals surface area contributed by atoms with Crippen molar-refractivity contribution in [2.45, 2.75) is 45.3 Å². The summed E-state index contributed by atoms with van der Waals surface area (Å²) < 4.78 is 6.07. The Bertz CT molecular complexity index is 523. The molecule has 20 heavy (non-hydrogen) atoms. The van der Waals surface area contributed by atoms with Crippen LogP contribution in [-0.2, 0) is 5.41 Å². The fraction of sp³-hybridized carbons (Fsp3) is 0.412. The molecule has 108 valence electrons. The average molecular weight is 289 g/mol. The highest BCUT2D eigenvalue weighted by Gasteiger charge is 2.20. The molecule has 0 fully saturated rings. The maximum absolute atomic E-state index is 6.07. The van der Waals surface area contributed by atoms with Gasteiger partial charge in [-0.25, -0.2) is 0 Å². The minimum absolute atomic E-state index is 0.0454. The van der Waals surface area contributed by atoms with Crippen LogP contribution >= 0.6 is 11.3 Å². The van der Waals surface area contributed by atoms with Crippen molar-refractivity contribution in [1.82, 2.24) is 0 Å². The van der Waals surface area contributed by atoms with Gasteiger partial charge in [-0.1, -0.05) is 39.0 Å². The Kier molecular flexibility index (Phi) is 4.51. The number of benzene rings is 1. The quantitative estimate of drug-likeness (QED) is 0.898. The first-order valence-electron chi connectivity index (χ1n) is 6.94. The largest absolute Gasteiger partial charge is 0.483 e. The Morgan fingerprint density at radius 3 is 2.20 bits per heavy atom. The molecule has 2 unspecified atom stereocenters. The van der Waals surface area contributed by atoms with Crippen LogP contribution in [0.4, 0.5) is 0 Å². The van der Waals surface area contributed by atoms with E-state index in [2.05, 4.69) is 44.4 Å². The van der Waals surface area contributed by atoms with Gasteiger partial charge in [0.1, 0.15) is 11.9 Å². The first kappa shape index (κ1) is 15.1. The van der Waals surface area contributed by atoms with Crippen molar-refractivity contribution < 1.29 is 4.74 Å². The lowest BCUT2D eigenvalue weighted by atomic mass is 9.87. The van der Waals surface area contributed by atoms with Gasteiger partial charge in [-0.2, -0.15) is 0 Å². The molecular weight excluding hydrogens is 266 g/mol. The van der Waals surface area contributed by atoms with Crippen molar-refractivity contribution in [2.24, 2.45) is 5.73 Å². The molecule has 2 N–H and O–H groups in total. The molecule has 3 heteroatoms. The predicted molar refractivity (Wildman–Crippen MR) is 86.5 cm³/mol. The van der Waals surface area contributed by atoms with Crippen LogP contribution in [0.2, 0.25) is 0 Å². The predicted octanol–water partition coefficient (Wildman–Crippen LogP) is 4.51. The van der Waals surface area contributed by atoms with Crippen molar-refractivity contribution in [3.05, 3.63) is 52.2 Å². The lowest BCUT2D eigenvalue weighted by Crippen LogP contribution is -2.28. The highest BCUT2D eigenvalue weighted by Crippen LogP contribution is 2.29. The molecule has 0 aliphatic rings. The van der Waals surface area contributed by atoms with Gasteiger partial charge in [0, 0.05) is 10.9 Å². The molecule has 0 aliphatic carbocycles. The van der Waals surface area contributed by atoms with Crippen LogP contribution in [0.1, 0.15) is 44.2 Å². The molecule has 2 nitrogen and oxygen atoms in total. The second-order valence-corrected chi connectivity index (χ2v) is 7.17. The van der Waals surface area contributed by atoms with Crippen LogP contribution < -0.4 is 10.5 Å². The smallest absolute Gasteiger partial charge is 0.148 e. The van der Waals surface area contributed by atoms with Crippen molar-refractivity contribution in [2.75, 3.05) is 0 Å². The van der Waals surface area contributed by atoms with Crippen molar-refractivity contribution in [3.63, 3.8) is 0 Å². The van der Waals surface area contributed by atoms with Gasteiger partial charge in [0.25, 0.3) is 0 Å². The van der Waals surface area contributed by atoms with Gasteiger partial charge in [0.05, 0.1) is 0 Å². The Morgan fingerprint density at radius 1 is 1.10 bits per heavy atom. The van der Waals surface area contributed by atoms with Gasteiger partial charge in [0.15, 0.2) is 0 Å². The standard InChI is InChI=1S/C17H23NOS/c1-12(18)16(15-6-5-11-20-15)19-14-9-7-13(8-10-14)17(2,3)4/h5-12,16H,18H2,1-4H3. The lowest BCUT2D eigenvalue weighted by Gasteiger charge is -2.23. The monoisotopic (exact) mass is 289 g/mol. The highest BCUT2D eigenvalue weighted by molar-refractivity contribution is 7.10. The lowest BCUT2D eigenvalue weighted by molar-refractivity contribution is 0.184. The second-order valence-electron chi connectivity index (χ2n) is 6.19. The Labute approximate surface area is 125 Å². The zero-order valence-corrected chi connectivity index (χ0v) is 13.4. The highest BCUT2D eigenvalue weighted by atomic mass is 32.1. The molecule has 0 amide bonds. The fourth-order valence-electron chi connectivity index (χ4n) is 2.06. The molecule has 0 spiro atoms. The fourth-order valence-corrected chi connectivity index (χ4v) is 2.93. The topological polar surface area (TPSA) is 35.2 Å². The van der Waals surface area contributed by atoms with E-state index in [9.17, 15) is 0 Å². The first-order chi connectivity index (χ1) is 9.38. The van der Waals surface area contributed by atoms with E-state index >= 15 is 0 Å². The summed E-state index contributed by atoms with van der Waals surface area (Å²) in [4.78, 5) is 1.17. The van der Waals surface area contributed by atoms with E-state index in [1.54, 1.807) is 11.3 Å². The maximum atomic E-state index is 6.07. The number of hydrogen-bond donors (Lipinski definition) is 1. The van der Waals surface area contributed by atoms with Gasteiger partial charge >= 0.3 is 0 Å². The van der Waals surface area contributed by atoms with Gasteiger partial charge in [-0.15, -0.1) is 11.3 Å². The van der Waals surface area contributed by atoms with Crippen molar-refractivity contribution >= 4 is 11.3 Å². The first-order valence-corrected chi connectivity index (χ1v) is 7.82. The van der Waals surface area contributed by atoms with Crippen LogP contribution in [0.5, 0.6) is 5.75 Å². The van der Waals surface area contributed by atoms with E-state index < -0.39 is 0 Å². The van der Waals surface area contributed by atoms with E-state index in [0.29, 0.717) is 0 Å². The summed E-state index contributed by atoms with van der Waals surface area (Å²) in [7, 11) is 0. The third kappa shape index (κ3) is 3.62. The Hall–Kier alpha value is -1.32. The average Bonchev–Trinajstić information content (AvgIpc) is 2.88. The zero-order chi connectivity index (χ0) is 14.8. The molecular formula is C17H23NOS. The summed E-state index contributed by atoms with van der Waals surface area (Å²) >= 11 is 1.68. The molecule has 0 aliphatic heterocycles. The van der Waals surface area contributed by atoms with Crippen LogP contribution in [0.15, 0.2) is 41.8 Å². The second kappa shape index (κ2) is 5.98. The number of ether oxygens (including phenoxy) is 1. The molecule has 0 saturated heterocycles. The van der Waals surface area contributed by atoms with Gasteiger partial charge in [0.2, 0.25) is 0 Å². The maximum Gasteiger partial charge on any atom is 0.148 e. The molecule has 1 aromatic heterocycles. The van der Waals surface area contributed by atoms with Crippen LogP contribution in [0, 0.1) is 0 Å². The molecule has 2 atom stereocenters. The van der Waals surface area contributed by atoms with Crippen molar-refractivity contribution in [3.8, 4) is 5.75 Å². The van der Waals surface area contributed by atoms with Gasteiger partial charge in [-0.05, 0) is 41.5 Å². The van der Waals surface area contributed by atoms with Crippen molar-refractivity contribution in [1.29, 1.82) is 0 Å². The summed E-state index contributed by atoms with van der Waals surface area (Å²) in [5, 5.41) is 2.05. The molecule has 0 bridgehead atoms.